The number of rotatable bonds is 3. The standard InChI is InChI=1S/C16H26N2O4Si/c1-10-13(22-23(6,7)16(3,4)5)11(2)21-14(10)18-9-8-12(19)17-15(18)20/h8-10,13-14H,2H2,1,3-7H3,(H,17,19,20). The third-order valence-corrected chi connectivity index (χ3v) is 9.33. The maximum atomic E-state index is 12.0. The van der Waals surface area contributed by atoms with Crippen molar-refractivity contribution in [3.8, 4) is 0 Å². The Morgan fingerprint density at radius 1 is 1.35 bits per heavy atom. The van der Waals surface area contributed by atoms with Gasteiger partial charge in [0, 0.05) is 18.2 Å². The molecule has 1 aromatic rings. The van der Waals surface area contributed by atoms with Crippen LogP contribution in [0.3, 0.4) is 0 Å². The largest absolute Gasteiger partial charge is 0.472 e. The molecule has 2 rings (SSSR count). The van der Waals surface area contributed by atoms with E-state index in [2.05, 4.69) is 45.4 Å². The van der Waals surface area contributed by atoms with Crippen LogP contribution in [0.25, 0.3) is 0 Å². The topological polar surface area (TPSA) is 73.3 Å². The van der Waals surface area contributed by atoms with E-state index in [1.165, 1.54) is 16.8 Å². The number of aromatic amines is 1. The van der Waals surface area contributed by atoms with E-state index in [4.69, 9.17) is 9.16 Å². The van der Waals surface area contributed by atoms with Gasteiger partial charge >= 0.3 is 5.69 Å². The molecule has 0 spiro atoms. The fourth-order valence-corrected chi connectivity index (χ4v) is 3.71. The lowest BCUT2D eigenvalue weighted by atomic mass is 10.1. The van der Waals surface area contributed by atoms with Crippen LogP contribution in [-0.2, 0) is 9.16 Å². The molecule has 1 fully saturated rings. The molecule has 1 aromatic heterocycles. The van der Waals surface area contributed by atoms with Gasteiger partial charge in [-0.15, -0.1) is 0 Å². The maximum Gasteiger partial charge on any atom is 0.331 e. The molecular weight excluding hydrogens is 312 g/mol. The van der Waals surface area contributed by atoms with Crippen LogP contribution >= 0.6 is 0 Å². The Hall–Kier alpha value is -1.60. The number of hydrogen-bond acceptors (Lipinski definition) is 4. The quantitative estimate of drug-likeness (QED) is 0.860. The highest BCUT2D eigenvalue weighted by Gasteiger charge is 2.46. The van der Waals surface area contributed by atoms with Gasteiger partial charge in [0.05, 0.1) is 0 Å². The van der Waals surface area contributed by atoms with Crippen LogP contribution in [0.5, 0.6) is 0 Å². The predicted octanol–water partition coefficient (Wildman–Crippen LogP) is 2.61. The van der Waals surface area contributed by atoms with E-state index in [1.807, 2.05) is 6.92 Å². The Morgan fingerprint density at radius 2 is 1.96 bits per heavy atom. The van der Waals surface area contributed by atoms with E-state index in [-0.39, 0.29) is 17.1 Å². The molecule has 1 N–H and O–H groups in total. The number of nitrogens with zero attached hydrogens (tertiary/aromatic N) is 1. The van der Waals surface area contributed by atoms with Gasteiger partial charge in [0.2, 0.25) is 0 Å². The average Bonchev–Trinajstić information content (AvgIpc) is 2.65. The number of nitrogens with one attached hydrogen (secondary N) is 1. The zero-order valence-electron chi connectivity index (χ0n) is 14.7. The van der Waals surface area contributed by atoms with Gasteiger partial charge < -0.3 is 9.16 Å². The summed E-state index contributed by atoms with van der Waals surface area (Å²) in [6.45, 7) is 16.8. The van der Waals surface area contributed by atoms with Gasteiger partial charge in [0.25, 0.3) is 5.56 Å². The number of H-pyrrole nitrogens is 1. The molecule has 1 aliphatic rings. The maximum absolute atomic E-state index is 12.0. The highest BCUT2D eigenvalue weighted by molar-refractivity contribution is 6.74. The van der Waals surface area contributed by atoms with Crippen LogP contribution < -0.4 is 11.2 Å². The summed E-state index contributed by atoms with van der Waals surface area (Å²) < 4.78 is 13.6. The smallest absolute Gasteiger partial charge is 0.331 e. The van der Waals surface area contributed by atoms with E-state index in [0.717, 1.165) is 0 Å². The molecule has 23 heavy (non-hydrogen) atoms. The Bertz CT molecular complexity index is 714. The molecule has 7 heteroatoms. The van der Waals surface area contributed by atoms with Crippen molar-refractivity contribution in [2.75, 3.05) is 0 Å². The molecule has 0 saturated carbocycles. The van der Waals surface area contributed by atoms with Gasteiger partial charge in [0.1, 0.15) is 11.9 Å². The first-order valence-electron chi connectivity index (χ1n) is 7.79. The molecule has 128 valence electrons. The molecule has 0 radical (unpaired) electrons. The van der Waals surface area contributed by atoms with Crippen LogP contribution in [0.1, 0.15) is 33.9 Å². The van der Waals surface area contributed by atoms with Crippen molar-refractivity contribution in [2.45, 2.75) is 58.2 Å². The summed E-state index contributed by atoms with van der Waals surface area (Å²) in [5.41, 5.74) is -0.917. The van der Waals surface area contributed by atoms with E-state index >= 15 is 0 Å². The number of hydrogen-bond donors (Lipinski definition) is 1. The van der Waals surface area contributed by atoms with E-state index < -0.39 is 25.8 Å². The summed E-state index contributed by atoms with van der Waals surface area (Å²) in [6, 6.07) is 1.31. The van der Waals surface area contributed by atoms with Gasteiger partial charge in [0.15, 0.2) is 14.5 Å². The summed E-state index contributed by atoms with van der Waals surface area (Å²) in [6.07, 6.45) is 0.658. The molecule has 1 saturated heterocycles. The monoisotopic (exact) mass is 338 g/mol. The van der Waals surface area contributed by atoms with Crippen molar-refractivity contribution in [3.05, 3.63) is 45.4 Å². The van der Waals surface area contributed by atoms with E-state index in [0.29, 0.717) is 5.76 Å². The van der Waals surface area contributed by atoms with E-state index in [1.54, 1.807) is 0 Å². The van der Waals surface area contributed by atoms with Crippen molar-refractivity contribution in [1.82, 2.24) is 9.55 Å². The Labute approximate surface area is 137 Å². The minimum Gasteiger partial charge on any atom is -0.472 e. The molecule has 0 bridgehead atoms. The zero-order chi connectivity index (χ0) is 17.6. The Morgan fingerprint density at radius 3 is 2.48 bits per heavy atom. The van der Waals surface area contributed by atoms with Crippen LogP contribution in [0, 0.1) is 5.92 Å². The molecule has 0 amide bonds. The first-order chi connectivity index (χ1) is 10.4. The Balaban J connectivity index is 2.28. The number of ether oxygens (including phenoxy) is 1. The second kappa shape index (κ2) is 5.79. The summed E-state index contributed by atoms with van der Waals surface area (Å²) in [7, 11) is -1.99. The van der Waals surface area contributed by atoms with Crippen LogP contribution in [-0.4, -0.2) is 24.0 Å². The highest BCUT2D eigenvalue weighted by Crippen LogP contribution is 2.43. The summed E-state index contributed by atoms with van der Waals surface area (Å²) in [4.78, 5) is 25.5. The SMILES string of the molecule is C=C1OC(n2ccc(=O)[nH]c2=O)C(C)C1O[Si](C)(C)C(C)(C)C. The molecule has 2 heterocycles. The first-order valence-corrected chi connectivity index (χ1v) is 10.7. The van der Waals surface area contributed by atoms with Gasteiger partial charge in [-0.1, -0.05) is 34.3 Å². The minimum atomic E-state index is -1.99. The van der Waals surface area contributed by atoms with Crippen molar-refractivity contribution >= 4 is 8.32 Å². The molecular formula is C16H26N2O4Si. The fourth-order valence-electron chi connectivity index (χ4n) is 2.38. The third-order valence-electron chi connectivity index (χ3n) is 4.87. The van der Waals surface area contributed by atoms with Crippen molar-refractivity contribution in [3.63, 3.8) is 0 Å². The van der Waals surface area contributed by atoms with Crippen molar-refractivity contribution in [2.24, 2.45) is 5.92 Å². The lowest BCUT2D eigenvalue weighted by Crippen LogP contribution is -2.45. The lowest BCUT2D eigenvalue weighted by molar-refractivity contribution is 0.0634. The van der Waals surface area contributed by atoms with Crippen molar-refractivity contribution < 1.29 is 9.16 Å². The van der Waals surface area contributed by atoms with Crippen LogP contribution in [0.4, 0.5) is 0 Å². The predicted molar refractivity (Wildman–Crippen MR) is 91.8 cm³/mol. The average molecular weight is 338 g/mol. The molecule has 0 aromatic carbocycles. The molecule has 6 nitrogen and oxygen atoms in total. The van der Waals surface area contributed by atoms with Gasteiger partial charge in [-0.25, -0.2) is 4.79 Å². The van der Waals surface area contributed by atoms with Crippen molar-refractivity contribution in [1.29, 1.82) is 0 Å². The first kappa shape index (κ1) is 17.7. The molecule has 1 aliphatic heterocycles. The summed E-state index contributed by atoms with van der Waals surface area (Å²) >= 11 is 0. The highest BCUT2D eigenvalue weighted by atomic mass is 28.4. The molecule has 3 atom stereocenters. The zero-order valence-corrected chi connectivity index (χ0v) is 15.7. The van der Waals surface area contributed by atoms with E-state index in [9.17, 15) is 9.59 Å². The van der Waals surface area contributed by atoms with Gasteiger partial charge in [-0.2, -0.15) is 0 Å². The summed E-state index contributed by atoms with van der Waals surface area (Å²) in [5.74, 6) is 0.450. The normalized spacial score (nSPS) is 25.5. The lowest BCUT2D eigenvalue weighted by Gasteiger charge is -2.39. The Kier molecular flexibility index (Phi) is 4.47. The van der Waals surface area contributed by atoms with Gasteiger partial charge in [-0.3, -0.25) is 14.3 Å². The number of aromatic nitrogens is 2. The fraction of sp³-hybridized carbons (Fsp3) is 0.625. The molecule has 3 unspecified atom stereocenters. The molecule has 0 aliphatic carbocycles. The van der Waals surface area contributed by atoms with Gasteiger partial charge in [-0.05, 0) is 18.1 Å². The van der Waals surface area contributed by atoms with Crippen LogP contribution in [0.15, 0.2) is 34.2 Å². The van der Waals surface area contributed by atoms with Crippen LogP contribution in [0.2, 0.25) is 18.1 Å². The second-order valence-corrected chi connectivity index (χ2v) is 12.4. The second-order valence-electron chi connectivity index (χ2n) is 7.65. The summed E-state index contributed by atoms with van der Waals surface area (Å²) in [5, 5.41) is 0.0694. The minimum absolute atomic E-state index is 0.0694. The third kappa shape index (κ3) is 3.35.